The van der Waals surface area contributed by atoms with Gasteiger partial charge in [0.1, 0.15) is 16.8 Å². The van der Waals surface area contributed by atoms with E-state index >= 15 is 0 Å². The molecule has 6 nitrogen and oxygen atoms in total. The summed E-state index contributed by atoms with van der Waals surface area (Å²) in [7, 11) is 2.43. The van der Waals surface area contributed by atoms with E-state index in [-0.39, 0.29) is 16.8 Å². The van der Waals surface area contributed by atoms with Crippen LogP contribution in [0.2, 0.25) is 0 Å². The van der Waals surface area contributed by atoms with E-state index in [1.165, 1.54) is 14.2 Å². The molecule has 0 atom stereocenters. The highest BCUT2D eigenvalue weighted by molar-refractivity contribution is 9.10. The summed E-state index contributed by atoms with van der Waals surface area (Å²) in [6.07, 6.45) is 0. The molecular weight excluding hydrogens is 450 g/mol. The average Bonchev–Trinajstić information content (AvgIpc) is 3.15. The van der Waals surface area contributed by atoms with Gasteiger partial charge in [0, 0.05) is 10.0 Å². The Labute approximate surface area is 180 Å². The standard InChI is InChI=1S/C23H16BrNO5/c1-29-22(27)17-18(23(28)30-2)20(21(26)13-8-4-3-5-9-13)25-16-11-7-6-10-14(16)12-15(24)19(17)25/h3-12H,1-2H3. The number of esters is 2. The van der Waals surface area contributed by atoms with Crippen LogP contribution in [-0.4, -0.2) is 36.3 Å². The molecule has 0 aliphatic carbocycles. The smallest absolute Gasteiger partial charge is 0.341 e. The van der Waals surface area contributed by atoms with Crippen molar-refractivity contribution in [3.05, 3.63) is 87.5 Å². The lowest BCUT2D eigenvalue weighted by atomic mass is 10.0. The summed E-state index contributed by atoms with van der Waals surface area (Å²) in [5, 5.41) is 0.821. The Bertz CT molecular complexity index is 1320. The molecule has 0 aliphatic rings. The van der Waals surface area contributed by atoms with Crippen LogP contribution in [-0.2, 0) is 9.47 Å². The highest BCUT2D eigenvalue weighted by atomic mass is 79.9. The zero-order valence-electron chi connectivity index (χ0n) is 16.1. The fraction of sp³-hybridized carbons (Fsp3) is 0.0870. The largest absolute Gasteiger partial charge is 0.465 e. The molecule has 4 aromatic rings. The number of ether oxygens (including phenoxy) is 2. The van der Waals surface area contributed by atoms with Gasteiger partial charge in [0.2, 0.25) is 5.78 Å². The number of aromatic nitrogens is 1. The van der Waals surface area contributed by atoms with E-state index in [4.69, 9.17) is 9.47 Å². The molecule has 0 spiro atoms. The minimum absolute atomic E-state index is 0.0266. The van der Waals surface area contributed by atoms with Crippen molar-refractivity contribution in [2.45, 2.75) is 0 Å². The monoisotopic (exact) mass is 465 g/mol. The number of fused-ring (bicyclic) bond motifs is 3. The third-order valence-corrected chi connectivity index (χ3v) is 5.49. The van der Waals surface area contributed by atoms with Crippen molar-refractivity contribution >= 4 is 50.1 Å². The molecule has 4 rings (SSSR count). The molecule has 0 radical (unpaired) electrons. The molecule has 2 aromatic carbocycles. The Morgan fingerprint density at radius 2 is 1.43 bits per heavy atom. The van der Waals surface area contributed by atoms with Crippen LogP contribution < -0.4 is 0 Å². The van der Waals surface area contributed by atoms with Gasteiger partial charge in [-0.05, 0) is 33.4 Å². The summed E-state index contributed by atoms with van der Waals surface area (Å²) < 4.78 is 12.1. The topological polar surface area (TPSA) is 74.1 Å². The van der Waals surface area contributed by atoms with E-state index in [2.05, 4.69) is 15.9 Å². The van der Waals surface area contributed by atoms with Gasteiger partial charge in [0.05, 0.1) is 25.3 Å². The van der Waals surface area contributed by atoms with Crippen LogP contribution in [0, 0.1) is 0 Å². The summed E-state index contributed by atoms with van der Waals surface area (Å²) in [4.78, 5) is 39.2. The van der Waals surface area contributed by atoms with Crippen molar-refractivity contribution in [2.24, 2.45) is 0 Å². The maximum atomic E-state index is 13.6. The molecule has 0 aliphatic heterocycles. The first-order valence-corrected chi connectivity index (χ1v) is 9.81. The summed E-state index contributed by atoms with van der Waals surface area (Å²) in [6.45, 7) is 0. The molecule has 0 bridgehead atoms. The lowest BCUT2D eigenvalue weighted by Crippen LogP contribution is -2.15. The van der Waals surface area contributed by atoms with Gasteiger partial charge < -0.3 is 13.9 Å². The third-order valence-electron chi connectivity index (χ3n) is 4.89. The summed E-state index contributed by atoms with van der Waals surface area (Å²) in [5.41, 5.74) is 1.29. The van der Waals surface area contributed by atoms with E-state index in [9.17, 15) is 14.4 Å². The molecule has 30 heavy (non-hydrogen) atoms. The van der Waals surface area contributed by atoms with E-state index in [0.29, 0.717) is 21.1 Å². The van der Waals surface area contributed by atoms with Crippen molar-refractivity contribution in [2.75, 3.05) is 14.2 Å². The van der Waals surface area contributed by atoms with Crippen LogP contribution in [0.1, 0.15) is 36.8 Å². The second kappa shape index (κ2) is 7.76. The number of rotatable bonds is 4. The molecule has 150 valence electrons. The first kappa shape index (κ1) is 19.8. The predicted octanol–water partition coefficient (Wildman–Crippen LogP) is 4.66. The molecule has 7 heteroatoms. The van der Waals surface area contributed by atoms with Gasteiger partial charge in [-0.1, -0.05) is 48.5 Å². The number of methoxy groups -OCH3 is 2. The van der Waals surface area contributed by atoms with Crippen LogP contribution in [0.15, 0.2) is 65.1 Å². The number of hydrogen-bond donors (Lipinski definition) is 0. The number of benzene rings is 2. The average molecular weight is 466 g/mol. The van der Waals surface area contributed by atoms with E-state index in [0.717, 1.165) is 5.39 Å². The highest BCUT2D eigenvalue weighted by Crippen LogP contribution is 2.36. The third kappa shape index (κ3) is 2.98. The van der Waals surface area contributed by atoms with Gasteiger partial charge in [-0.25, -0.2) is 9.59 Å². The fourth-order valence-corrected chi connectivity index (χ4v) is 4.22. The summed E-state index contributed by atoms with van der Waals surface area (Å²) in [5.74, 6) is -1.95. The van der Waals surface area contributed by atoms with Crippen molar-refractivity contribution in [3.8, 4) is 0 Å². The quantitative estimate of drug-likeness (QED) is 0.323. The van der Waals surface area contributed by atoms with Gasteiger partial charge in [0.25, 0.3) is 0 Å². The zero-order valence-corrected chi connectivity index (χ0v) is 17.7. The molecule has 2 aromatic heterocycles. The predicted molar refractivity (Wildman–Crippen MR) is 115 cm³/mol. The minimum atomic E-state index is -0.797. The van der Waals surface area contributed by atoms with Crippen LogP contribution in [0.4, 0.5) is 0 Å². The van der Waals surface area contributed by atoms with Gasteiger partial charge in [-0.2, -0.15) is 0 Å². The van der Waals surface area contributed by atoms with Gasteiger partial charge in [-0.15, -0.1) is 0 Å². The summed E-state index contributed by atoms with van der Waals surface area (Å²) >= 11 is 3.50. The van der Waals surface area contributed by atoms with Crippen molar-refractivity contribution in [1.29, 1.82) is 0 Å². The Morgan fingerprint density at radius 1 is 0.833 bits per heavy atom. The fourth-order valence-electron chi connectivity index (χ4n) is 3.60. The molecule has 0 amide bonds. The maximum absolute atomic E-state index is 13.6. The maximum Gasteiger partial charge on any atom is 0.341 e. The zero-order chi connectivity index (χ0) is 21.4. The van der Waals surface area contributed by atoms with Crippen molar-refractivity contribution in [3.63, 3.8) is 0 Å². The van der Waals surface area contributed by atoms with E-state index < -0.39 is 17.7 Å². The van der Waals surface area contributed by atoms with Crippen molar-refractivity contribution in [1.82, 2.24) is 4.40 Å². The molecule has 2 heterocycles. The molecule has 0 N–H and O–H groups in total. The van der Waals surface area contributed by atoms with Gasteiger partial charge in [0.15, 0.2) is 0 Å². The van der Waals surface area contributed by atoms with Gasteiger partial charge in [-0.3, -0.25) is 4.79 Å². The minimum Gasteiger partial charge on any atom is -0.465 e. The SMILES string of the molecule is COC(=O)c1c(C(=O)OC)c2c(Br)cc3ccccc3n2c1C(=O)c1ccccc1. The number of para-hydroxylation sites is 1. The normalized spacial score (nSPS) is 10.9. The van der Waals surface area contributed by atoms with Crippen LogP contribution in [0.25, 0.3) is 16.4 Å². The van der Waals surface area contributed by atoms with Gasteiger partial charge >= 0.3 is 11.9 Å². The van der Waals surface area contributed by atoms with Crippen LogP contribution in [0.5, 0.6) is 0 Å². The lowest BCUT2D eigenvalue weighted by Gasteiger charge is -2.09. The highest BCUT2D eigenvalue weighted by Gasteiger charge is 2.34. The van der Waals surface area contributed by atoms with E-state index in [1.54, 1.807) is 34.7 Å². The molecule has 0 saturated heterocycles. The molecule has 0 fully saturated rings. The van der Waals surface area contributed by atoms with Crippen LogP contribution >= 0.6 is 15.9 Å². The molecular formula is C23H16BrNO5. The van der Waals surface area contributed by atoms with Crippen LogP contribution in [0.3, 0.4) is 0 Å². The number of nitrogens with zero attached hydrogens (tertiary/aromatic N) is 1. The van der Waals surface area contributed by atoms with Crippen molar-refractivity contribution < 1.29 is 23.9 Å². The molecule has 0 saturated carbocycles. The summed E-state index contributed by atoms with van der Waals surface area (Å²) in [6, 6.07) is 17.8. The second-order valence-electron chi connectivity index (χ2n) is 6.51. The number of ketones is 1. The first-order valence-electron chi connectivity index (χ1n) is 9.01. The first-order chi connectivity index (χ1) is 14.5. The number of hydrogen-bond acceptors (Lipinski definition) is 5. The lowest BCUT2D eigenvalue weighted by molar-refractivity contribution is 0.0556. The second-order valence-corrected chi connectivity index (χ2v) is 7.37. The molecule has 0 unspecified atom stereocenters. The Hall–Kier alpha value is -3.45. The number of carbonyl (C=O) groups is 3. The van der Waals surface area contributed by atoms with E-state index in [1.807, 2.05) is 30.3 Å². The number of carbonyl (C=O) groups excluding carboxylic acids is 3. The Balaban J connectivity index is 2.27. The Morgan fingerprint density at radius 3 is 2.10 bits per heavy atom. The number of pyridine rings is 1. The Kier molecular flexibility index (Phi) is 5.13. The number of halogens is 1.